The molecule has 1 saturated carbocycles. The van der Waals surface area contributed by atoms with E-state index < -0.39 is 10.8 Å². The van der Waals surface area contributed by atoms with E-state index in [9.17, 15) is 4.21 Å². The summed E-state index contributed by atoms with van der Waals surface area (Å²) < 4.78 is 18.5. The molecular weight excluding hydrogens is 280 g/mol. The molecule has 0 saturated heterocycles. The topological polar surface area (TPSA) is 30.2 Å². The number of benzene rings is 1. The summed E-state index contributed by atoms with van der Waals surface area (Å²) in [5, 5.41) is 1.84. The van der Waals surface area contributed by atoms with Crippen LogP contribution in [-0.4, -0.2) is 9.46 Å². The zero-order valence-electron chi connectivity index (χ0n) is 10.9. The first kappa shape index (κ1) is 13.2. The zero-order chi connectivity index (χ0) is 13.4. The van der Waals surface area contributed by atoms with E-state index in [0.29, 0.717) is 5.02 Å². The van der Waals surface area contributed by atoms with Crippen LogP contribution in [0.25, 0.3) is 11.0 Å². The Balaban J connectivity index is 2.05. The summed E-state index contributed by atoms with van der Waals surface area (Å²) in [6.07, 6.45) is 5.75. The van der Waals surface area contributed by atoms with E-state index in [1.54, 1.807) is 6.07 Å². The van der Waals surface area contributed by atoms with E-state index in [-0.39, 0.29) is 5.25 Å². The van der Waals surface area contributed by atoms with E-state index in [4.69, 9.17) is 16.0 Å². The number of rotatable bonds is 2. The molecule has 0 unspecified atom stereocenters. The molecule has 1 heterocycles. The number of fused-ring (bicyclic) bond motifs is 1. The molecule has 102 valence electrons. The van der Waals surface area contributed by atoms with Gasteiger partial charge in [-0.25, -0.2) is 0 Å². The van der Waals surface area contributed by atoms with Crippen molar-refractivity contribution in [1.29, 1.82) is 0 Å². The van der Waals surface area contributed by atoms with Crippen LogP contribution in [-0.2, 0) is 10.8 Å². The largest absolute Gasteiger partial charge is 0.460 e. The lowest BCUT2D eigenvalue weighted by Gasteiger charge is -2.20. The van der Waals surface area contributed by atoms with Gasteiger partial charge in [-0.05, 0) is 38.0 Å². The highest BCUT2D eigenvalue weighted by atomic mass is 35.5. The van der Waals surface area contributed by atoms with Gasteiger partial charge in [-0.3, -0.25) is 4.21 Å². The van der Waals surface area contributed by atoms with Crippen molar-refractivity contribution in [2.75, 3.05) is 0 Å². The smallest absolute Gasteiger partial charge is 0.135 e. The van der Waals surface area contributed by atoms with Crippen LogP contribution in [0.4, 0.5) is 0 Å². The maximum Gasteiger partial charge on any atom is 0.135 e. The van der Waals surface area contributed by atoms with Gasteiger partial charge < -0.3 is 4.42 Å². The maximum absolute atomic E-state index is 12.8. The van der Waals surface area contributed by atoms with E-state index in [0.717, 1.165) is 34.5 Å². The van der Waals surface area contributed by atoms with Gasteiger partial charge in [0.25, 0.3) is 0 Å². The molecule has 1 aliphatic carbocycles. The highest BCUT2D eigenvalue weighted by Crippen LogP contribution is 2.34. The quantitative estimate of drug-likeness (QED) is 0.794. The molecule has 0 bridgehead atoms. The van der Waals surface area contributed by atoms with Gasteiger partial charge in [0.1, 0.15) is 11.3 Å². The Morgan fingerprint density at radius 2 is 2.00 bits per heavy atom. The fourth-order valence-corrected chi connectivity index (χ4v) is 4.83. The third kappa shape index (κ3) is 2.46. The summed E-state index contributed by atoms with van der Waals surface area (Å²) >= 11 is 6.05. The molecule has 1 aliphatic rings. The Hall–Kier alpha value is -0.800. The summed E-state index contributed by atoms with van der Waals surface area (Å²) in [6, 6.07) is 5.52. The minimum atomic E-state index is -0.986. The van der Waals surface area contributed by atoms with Gasteiger partial charge in [0, 0.05) is 15.7 Å². The van der Waals surface area contributed by atoms with Crippen molar-refractivity contribution >= 4 is 33.4 Å². The second-order valence-corrected chi connectivity index (χ2v) is 7.29. The van der Waals surface area contributed by atoms with Crippen molar-refractivity contribution in [1.82, 2.24) is 0 Å². The van der Waals surface area contributed by atoms with Gasteiger partial charge in [0.15, 0.2) is 0 Å². The number of furan rings is 1. The van der Waals surface area contributed by atoms with Crippen LogP contribution in [0.5, 0.6) is 0 Å². The van der Waals surface area contributed by atoms with Crippen LogP contribution in [0.1, 0.15) is 37.9 Å². The van der Waals surface area contributed by atoms with Crippen LogP contribution in [0, 0.1) is 6.92 Å². The van der Waals surface area contributed by atoms with Gasteiger partial charge in [0.2, 0.25) is 0 Å². The fraction of sp³-hybridized carbons (Fsp3) is 0.467. The van der Waals surface area contributed by atoms with Crippen LogP contribution in [0.2, 0.25) is 5.02 Å². The highest BCUT2D eigenvalue weighted by molar-refractivity contribution is 7.86. The lowest BCUT2D eigenvalue weighted by molar-refractivity contribution is 0.503. The molecule has 0 aliphatic heterocycles. The first-order valence-corrected chi connectivity index (χ1v) is 8.35. The predicted octanol–water partition coefficient (Wildman–Crippen LogP) is 4.83. The normalized spacial score (nSPS) is 18.8. The van der Waals surface area contributed by atoms with Crippen molar-refractivity contribution in [2.45, 2.75) is 49.2 Å². The molecule has 1 atom stereocenters. The standard InChI is InChI=1S/C15H17ClO2S/c1-10-15(19(17)12-5-3-2-4-6-12)13-9-11(16)7-8-14(13)18-10/h7-9,12H,2-6H2,1H3/t19-/m0/s1. The van der Waals surface area contributed by atoms with Crippen LogP contribution in [0.15, 0.2) is 27.5 Å². The summed E-state index contributed by atoms with van der Waals surface area (Å²) in [4.78, 5) is 0.851. The molecule has 3 rings (SSSR count). The van der Waals surface area contributed by atoms with E-state index in [1.165, 1.54) is 19.3 Å². The molecule has 1 fully saturated rings. The molecule has 0 amide bonds. The molecule has 2 aromatic rings. The minimum Gasteiger partial charge on any atom is -0.460 e. The Morgan fingerprint density at radius 1 is 1.26 bits per heavy atom. The van der Waals surface area contributed by atoms with Crippen molar-refractivity contribution in [3.05, 3.63) is 29.0 Å². The van der Waals surface area contributed by atoms with Crippen molar-refractivity contribution < 1.29 is 8.63 Å². The molecule has 0 N–H and O–H groups in total. The molecule has 1 aromatic carbocycles. The van der Waals surface area contributed by atoms with Crippen molar-refractivity contribution in [2.24, 2.45) is 0 Å². The van der Waals surface area contributed by atoms with Gasteiger partial charge in [-0.1, -0.05) is 30.9 Å². The van der Waals surface area contributed by atoms with Gasteiger partial charge in [-0.2, -0.15) is 0 Å². The molecule has 0 radical (unpaired) electrons. The monoisotopic (exact) mass is 296 g/mol. The van der Waals surface area contributed by atoms with Crippen molar-refractivity contribution in [3.8, 4) is 0 Å². The molecular formula is C15H17ClO2S. The Bertz CT molecular complexity index is 626. The summed E-state index contributed by atoms with van der Waals surface area (Å²) in [7, 11) is -0.986. The number of hydrogen-bond donors (Lipinski definition) is 0. The zero-order valence-corrected chi connectivity index (χ0v) is 12.5. The van der Waals surface area contributed by atoms with Crippen LogP contribution in [0.3, 0.4) is 0 Å². The van der Waals surface area contributed by atoms with Crippen molar-refractivity contribution in [3.63, 3.8) is 0 Å². The first-order valence-electron chi connectivity index (χ1n) is 6.76. The van der Waals surface area contributed by atoms with Gasteiger partial charge >= 0.3 is 0 Å². The molecule has 4 heteroatoms. The first-order chi connectivity index (χ1) is 9.16. The lowest BCUT2D eigenvalue weighted by atomic mass is 10.0. The van der Waals surface area contributed by atoms with Crippen LogP contribution < -0.4 is 0 Å². The van der Waals surface area contributed by atoms with E-state index in [2.05, 4.69) is 0 Å². The Kier molecular flexibility index (Phi) is 3.68. The number of hydrogen-bond acceptors (Lipinski definition) is 2. The van der Waals surface area contributed by atoms with Gasteiger partial charge in [-0.15, -0.1) is 0 Å². The second-order valence-electron chi connectivity index (χ2n) is 5.19. The maximum atomic E-state index is 12.8. The summed E-state index contributed by atoms with van der Waals surface area (Å²) in [6.45, 7) is 1.89. The second kappa shape index (κ2) is 5.29. The molecule has 2 nitrogen and oxygen atoms in total. The average molecular weight is 297 g/mol. The van der Waals surface area contributed by atoms with E-state index >= 15 is 0 Å². The fourth-order valence-electron chi connectivity index (χ4n) is 2.87. The predicted molar refractivity (Wildman–Crippen MR) is 79.2 cm³/mol. The van der Waals surface area contributed by atoms with E-state index in [1.807, 2.05) is 19.1 Å². The Morgan fingerprint density at radius 3 is 2.74 bits per heavy atom. The summed E-state index contributed by atoms with van der Waals surface area (Å²) in [5.74, 6) is 0.765. The van der Waals surface area contributed by atoms with Gasteiger partial charge in [0.05, 0.1) is 15.7 Å². The lowest BCUT2D eigenvalue weighted by Crippen LogP contribution is -2.18. The molecule has 1 aromatic heterocycles. The third-order valence-corrected chi connectivity index (χ3v) is 6.05. The van der Waals surface area contributed by atoms with Crippen LogP contribution >= 0.6 is 11.6 Å². The molecule has 19 heavy (non-hydrogen) atoms. The minimum absolute atomic E-state index is 0.271. The Labute approximate surface area is 120 Å². The highest BCUT2D eigenvalue weighted by Gasteiger charge is 2.26. The molecule has 0 spiro atoms. The summed E-state index contributed by atoms with van der Waals surface area (Å²) in [5.41, 5.74) is 0.779. The number of halogens is 1. The number of aryl methyl sites for hydroxylation is 1. The third-order valence-electron chi connectivity index (χ3n) is 3.83. The SMILES string of the molecule is Cc1oc2ccc(Cl)cc2c1[S@@](=O)C1CCCCC1. The average Bonchev–Trinajstić information content (AvgIpc) is 2.74.